The Hall–Kier alpha value is -2.61. The summed E-state index contributed by atoms with van der Waals surface area (Å²) in [6.45, 7) is 9.08. The maximum Gasteiger partial charge on any atom is 0.229 e. The Bertz CT molecular complexity index is 738. The van der Waals surface area contributed by atoms with Crippen LogP contribution in [0.3, 0.4) is 0 Å². The summed E-state index contributed by atoms with van der Waals surface area (Å²) < 4.78 is 0. The lowest BCUT2D eigenvalue weighted by atomic mass is 10.3. The normalized spacial score (nSPS) is 17.4. The molecule has 2 aromatic heterocycles. The van der Waals surface area contributed by atoms with Gasteiger partial charge in [-0.1, -0.05) is 6.07 Å². The van der Waals surface area contributed by atoms with Crippen LogP contribution in [-0.4, -0.2) is 66.8 Å². The molecule has 8 heteroatoms. The summed E-state index contributed by atoms with van der Waals surface area (Å²) >= 11 is 0. The first-order valence-electron chi connectivity index (χ1n) is 11.3. The van der Waals surface area contributed by atoms with Crippen LogP contribution in [0.15, 0.2) is 30.5 Å². The van der Waals surface area contributed by atoms with Gasteiger partial charge in [0.2, 0.25) is 5.95 Å². The number of nitrogens with zero attached hydrogens (tertiary/aromatic N) is 5. The predicted molar refractivity (Wildman–Crippen MR) is 124 cm³/mol. The molecular weight excluding hydrogens is 376 g/mol. The zero-order chi connectivity index (χ0) is 20.6. The van der Waals surface area contributed by atoms with Gasteiger partial charge in [-0.05, 0) is 44.7 Å². The van der Waals surface area contributed by atoms with E-state index in [1.807, 2.05) is 18.2 Å². The third kappa shape index (κ3) is 5.72. The predicted octanol–water partition coefficient (Wildman–Crippen LogP) is 2.57. The number of aromatic nitrogens is 3. The minimum absolute atomic E-state index is 0.271. The van der Waals surface area contributed by atoms with Gasteiger partial charge >= 0.3 is 0 Å². The quantitative estimate of drug-likeness (QED) is 0.516. The lowest BCUT2D eigenvalue weighted by molar-refractivity contribution is 0.641. The van der Waals surface area contributed by atoms with E-state index in [1.165, 1.54) is 25.7 Å². The first kappa shape index (κ1) is 20.7. The second kappa shape index (κ2) is 10.4. The molecule has 0 aliphatic carbocycles. The van der Waals surface area contributed by atoms with Crippen LogP contribution in [0, 0.1) is 0 Å². The van der Waals surface area contributed by atoms with Crippen LogP contribution in [0.4, 0.5) is 23.4 Å². The second-order valence-corrected chi connectivity index (χ2v) is 8.19. The van der Waals surface area contributed by atoms with Crippen molar-refractivity contribution in [3.05, 3.63) is 30.5 Å². The van der Waals surface area contributed by atoms with E-state index in [0.29, 0.717) is 0 Å². The van der Waals surface area contributed by atoms with Crippen LogP contribution in [0.25, 0.3) is 0 Å². The number of pyridine rings is 1. The lowest BCUT2D eigenvalue weighted by Crippen LogP contribution is -2.34. The van der Waals surface area contributed by atoms with Gasteiger partial charge in [0.05, 0.1) is 0 Å². The molecule has 0 spiro atoms. The molecule has 0 radical (unpaired) electrons. The minimum atomic E-state index is 0.271. The minimum Gasteiger partial charge on any atom is -0.369 e. The summed E-state index contributed by atoms with van der Waals surface area (Å²) in [7, 11) is 0. The number of anilines is 4. The summed E-state index contributed by atoms with van der Waals surface area (Å²) in [5.74, 6) is 3.77. The van der Waals surface area contributed by atoms with Gasteiger partial charge < -0.3 is 25.8 Å². The van der Waals surface area contributed by atoms with Gasteiger partial charge in [-0.15, -0.1) is 0 Å². The molecule has 2 saturated heterocycles. The summed E-state index contributed by atoms with van der Waals surface area (Å²) in [6.07, 6.45) is 6.76. The smallest absolute Gasteiger partial charge is 0.229 e. The average molecular weight is 411 g/mol. The molecule has 1 atom stereocenters. The van der Waals surface area contributed by atoms with Crippen molar-refractivity contribution >= 4 is 23.4 Å². The lowest BCUT2D eigenvalue weighted by Gasteiger charge is -2.23. The third-order valence-corrected chi connectivity index (χ3v) is 5.64. The topological polar surface area (TPSA) is 81.2 Å². The zero-order valence-corrected chi connectivity index (χ0v) is 18.0. The molecule has 1 unspecified atom stereocenters. The molecular formula is C22H34N8. The molecule has 3 N–H and O–H groups in total. The SMILES string of the molecule is CC(CNCCNc1ccccn1)Nc1cc(N2CCCC2)nc(N2CCCC2)n1. The van der Waals surface area contributed by atoms with Crippen LogP contribution >= 0.6 is 0 Å². The van der Waals surface area contributed by atoms with Gasteiger partial charge in [-0.3, -0.25) is 0 Å². The van der Waals surface area contributed by atoms with E-state index in [0.717, 1.165) is 69.2 Å². The van der Waals surface area contributed by atoms with Crippen LogP contribution in [-0.2, 0) is 0 Å². The van der Waals surface area contributed by atoms with Crippen LogP contribution in [0.1, 0.15) is 32.6 Å². The Labute approximate surface area is 179 Å². The van der Waals surface area contributed by atoms with Crippen molar-refractivity contribution in [3.63, 3.8) is 0 Å². The van der Waals surface area contributed by atoms with E-state index in [2.05, 4.69) is 43.7 Å². The van der Waals surface area contributed by atoms with Crippen LogP contribution < -0.4 is 25.8 Å². The van der Waals surface area contributed by atoms with Crippen molar-refractivity contribution in [2.45, 2.75) is 38.6 Å². The Morgan fingerprint density at radius 1 is 0.933 bits per heavy atom. The van der Waals surface area contributed by atoms with Gasteiger partial charge in [0.25, 0.3) is 0 Å². The maximum absolute atomic E-state index is 4.89. The molecule has 0 aromatic carbocycles. The molecule has 0 amide bonds. The number of hydrogen-bond donors (Lipinski definition) is 3. The molecule has 162 valence electrons. The van der Waals surface area contributed by atoms with E-state index in [-0.39, 0.29) is 6.04 Å². The van der Waals surface area contributed by atoms with Gasteiger partial charge in [-0.25, -0.2) is 4.98 Å². The Morgan fingerprint density at radius 3 is 2.43 bits per heavy atom. The van der Waals surface area contributed by atoms with Crippen molar-refractivity contribution < 1.29 is 0 Å². The highest BCUT2D eigenvalue weighted by Gasteiger charge is 2.20. The second-order valence-electron chi connectivity index (χ2n) is 8.19. The standard InChI is InChI=1S/C22H34N8/c1-18(17-23-10-11-25-19-8-2-3-9-24-19)26-20-16-21(29-12-4-5-13-29)28-22(27-20)30-14-6-7-15-30/h2-3,8-9,16,18,23H,4-7,10-15,17H2,1H3,(H,24,25)(H,26,27,28). The van der Waals surface area contributed by atoms with Gasteiger partial charge in [0, 0.05) is 64.1 Å². The molecule has 30 heavy (non-hydrogen) atoms. The van der Waals surface area contributed by atoms with Crippen molar-refractivity contribution in [3.8, 4) is 0 Å². The monoisotopic (exact) mass is 410 g/mol. The summed E-state index contributed by atoms with van der Waals surface area (Å²) in [5.41, 5.74) is 0. The molecule has 8 nitrogen and oxygen atoms in total. The highest BCUT2D eigenvalue weighted by atomic mass is 15.3. The zero-order valence-electron chi connectivity index (χ0n) is 18.0. The largest absolute Gasteiger partial charge is 0.369 e. The molecule has 0 saturated carbocycles. The summed E-state index contributed by atoms with van der Waals surface area (Å²) in [4.78, 5) is 18.7. The fourth-order valence-corrected chi connectivity index (χ4v) is 4.03. The van der Waals surface area contributed by atoms with Gasteiger partial charge in [-0.2, -0.15) is 9.97 Å². The molecule has 2 aliphatic heterocycles. The number of rotatable bonds is 10. The van der Waals surface area contributed by atoms with Crippen molar-refractivity contribution in [1.29, 1.82) is 0 Å². The highest BCUT2D eigenvalue weighted by molar-refractivity contribution is 5.55. The Balaban J connectivity index is 1.29. The van der Waals surface area contributed by atoms with Crippen molar-refractivity contribution in [1.82, 2.24) is 20.3 Å². The van der Waals surface area contributed by atoms with E-state index in [9.17, 15) is 0 Å². The van der Waals surface area contributed by atoms with Gasteiger partial charge in [0.1, 0.15) is 17.5 Å². The van der Waals surface area contributed by atoms with E-state index in [1.54, 1.807) is 6.20 Å². The fourth-order valence-electron chi connectivity index (χ4n) is 4.03. The Morgan fingerprint density at radius 2 is 1.70 bits per heavy atom. The van der Waals surface area contributed by atoms with Crippen molar-refractivity contribution in [2.75, 3.05) is 66.2 Å². The molecule has 4 rings (SSSR count). The Kier molecular flexibility index (Phi) is 7.18. The first-order valence-corrected chi connectivity index (χ1v) is 11.3. The van der Waals surface area contributed by atoms with Crippen LogP contribution in [0.5, 0.6) is 0 Å². The average Bonchev–Trinajstić information content (AvgIpc) is 3.48. The van der Waals surface area contributed by atoms with Gasteiger partial charge in [0.15, 0.2) is 0 Å². The first-order chi connectivity index (χ1) is 14.8. The molecule has 2 fully saturated rings. The number of nitrogens with one attached hydrogen (secondary N) is 3. The van der Waals surface area contributed by atoms with E-state index >= 15 is 0 Å². The summed E-state index contributed by atoms with van der Waals surface area (Å²) in [5, 5.41) is 10.4. The summed E-state index contributed by atoms with van der Waals surface area (Å²) in [6, 6.07) is 8.28. The fraction of sp³-hybridized carbons (Fsp3) is 0.591. The van der Waals surface area contributed by atoms with E-state index < -0.39 is 0 Å². The molecule has 0 bridgehead atoms. The molecule has 4 heterocycles. The maximum atomic E-state index is 4.89. The van der Waals surface area contributed by atoms with Crippen LogP contribution in [0.2, 0.25) is 0 Å². The van der Waals surface area contributed by atoms with Crippen molar-refractivity contribution in [2.24, 2.45) is 0 Å². The molecule has 2 aromatic rings. The third-order valence-electron chi connectivity index (χ3n) is 5.64. The number of hydrogen-bond acceptors (Lipinski definition) is 8. The molecule has 2 aliphatic rings. The highest BCUT2D eigenvalue weighted by Crippen LogP contribution is 2.25. The van der Waals surface area contributed by atoms with E-state index in [4.69, 9.17) is 9.97 Å².